The van der Waals surface area contributed by atoms with Gasteiger partial charge in [0.2, 0.25) is 5.91 Å². The molecule has 0 unspecified atom stereocenters. The molecule has 0 radical (unpaired) electrons. The Morgan fingerprint density at radius 1 is 1.37 bits per heavy atom. The number of aryl methyl sites for hydroxylation is 1. The van der Waals surface area contributed by atoms with Crippen LogP contribution in [-0.2, 0) is 16.0 Å². The number of amides is 1. The van der Waals surface area contributed by atoms with Crippen molar-refractivity contribution in [3.05, 3.63) is 22.4 Å². The molecule has 0 aliphatic heterocycles. The number of hydrogen-bond acceptors (Lipinski definition) is 3. The molecule has 2 N–H and O–H groups in total. The zero-order valence-corrected chi connectivity index (χ0v) is 12.3. The van der Waals surface area contributed by atoms with Crippen LogP contribution in [0.4, 0.5) is 0 Å². The summed E-state index contributed by atoms with van der Waals surface area (Å²) in [6, 6.07) is 4.08. The average Bonchev–Trinajstić information content (AvgIpc) is 2.79. The molecule has 1 heterocycles. The maximum absolute atomic E-state index is 11.8. The highest BCUT2D eigenvalue weighted by atomic mass is 32.1. The Morgan fingerprint density at radius 2 is 2.11 bits per heavy atom. The summed E-state index contributed by atoms with van der Waals surface area (Å²) in [5.41, 5.74) is -0.460. The molecule has 106 valence electrons. The van der Waals surface area contributed by atoms with Crippen LogP contribution in [0.5, 0.6) is 0 Å². The number of carbonyl (C=O) groups is 2. The molecule has 0 aliphatic carbocycles. The van der Waals surface area contributed by atoms with Gasteiger partial charge in [0.1, 0.15) is 0 Å². The van der Waals surface area contributed by atoms with Gasteiger partial charge in [0.15, 0.2) is 0 Å². The van der Waals surface area contributed by atoms with Crippen LogP contribution in [0.2, 0.25) is 0 Å². The van der Waals surface area contributed by atoms with Crippen LogP contribution in [0, 0.1) is 0 Å². The molecule has 0 saturated carbocycles. The Labute approximate surface area is 117 Å². The fraction of sp³-hybridized carbons (Fsp3) is 0.571. The molecule has 1 amide bonds. The van der Waals surface area contributed by atoms with Gasteiger partial charge in [0.05, 0.1) is 0 Å². The Balaban J connectivity index is 2.24. The van der Waals surface area contributed by atoms with E-state index in [1.807, 2.05) is 25.3 Å². The lowest BCUT2D eigenvalue weighted by atomic mass is 9.98. The molecule has 1 aromatic rings. The van der Waals surface area contributed by atoms with E-state index in [2.05, 4.69) is 11.4 Å². The zero-order valence-electron chi connectivity index (χ0n) is 11.4. The van der Waals surface area contributed by atoms with Crippen molar-refractivity contribution in [3.63, 3.8) is 0 Å². The third-order valence-corrected chi connectivity index (χ3v) is 3.78. The summed E-state index contributed by atoms with van der Waals surface area (Å²) in [5, 5.41) is 13.6. The minimum Gasteiger partial charge on any atom is -0.481 e. The largest absolute Gasteiger partial charge is 0.481 e. The lowest BCUT2D eigenvalue weighted by molar-refractivity contribution is -0.137. The summed E-state index contributed by atoms with van der Waals surface area (Å²) >= 11 is 1.70. The first-order chi connectivity index (χ1) is 8.89. The van der Waals surface area contributed by atoms with E-state index in [0.29, 0.717) is 12.8 Å². The van der Waals surface area contributed by atoms with E-state index in [1.165, 1.54) is 4.88 Å². The van der Waals surface area contributed by atoms with Crippen LogP contribution in [0.3, 0.4) is 0 Å². The molecule has 0 bridgehead atoms. The topological polar surface area (TPSA) is 66.4 Å². The van der Waals surface area contributed by atoms with Crippen LogP contribution in [0.25, 0.3) is 0 Å². The number of nitrogens with one attached hydrogen (secondary N) is 1. The lowest BCUT2D eigenvalue weighted by Crippen LogP contribution is -2.43. The Hall–Kier alpha value is -1.36. The molecular formula is C14H21NO3S. The number of carbonyl (C=O) groups excluding carboxylic acids is 1. The van der Waals surface area contributed by atoms with Gasteiger partial charge in [0, 0.05) is 23.3 Å². The van der Waals surface area contributed by atoms with Gasteiger partial charge in [0.25, 0.3) is 0 Å². The first-order valence-electron chi connectivity index (χ1n) is 6.44. The second-order valence-electron chi connectivity index (χ2n) is 5.26. The zero-order chi connectivity index (χ0) is 14.3. The van der Waals surface area contributed by atoms with Crippen molar-refractivity contribution >= 4 is 23.2 Å². The van der Waals surface area contributed by atoms with Gasteiger partial charge in [-0.1, -0.05) is 6.07 Å². The molecule has 0 atom stereocenters. The summed E-state index contributed by atoms with van der Waals surface area (Å²) in [6.07, 6.45) is 2.73. The number of aliphatic carboxylic acids is 1. The fourth-order valence-electron chi connectivity index (χ4n) is 1.80. The second kappa shape index (κ2) is 7.28. The van der Waals surface area contributed by atoms with Crippen LogP contribution in [-0.4, -0.2) is 22.5 Å². The number of rotatable bonds is 8. The van der Waals surface area contributed by atoms with Gasteiger partial charge in [-0.25, -0.2) is 0 Å². The van der Waals surface area contributed by atoms with Gasteiger partial charge in [-0.15, -0.1) is 11.3 Å². The Kier molecular flexibility index (Phi) is 6.02. The van der Waals surface area contributed by atoms with E-state index >= 15 is 0 Å². The van der Waals surface area contributed by atoms with E-state index in [1.54, 1.807) is 11.3 Å². The molecule has 4 nitrogen and oxygen atoms in total. The van der Waals surface area contributed by atoms with Crippen molar-refractivity contribution in [1.82, 2.24) is 5.32 Å². The highest BCUT2D eigenvalue weighted by Gasteiger charge is 2.21. The van der Waals surface area contributed by atoms with Gasteiger partial charge in [-0.3, -0.25) is 9.59 Å². The Morgan fingerprint density at radius 3 is 2.68 bits per heavy atom. The van der Waals surface area contributed by atoms with Crippen molar-refractivity contribution in [2.45, 2.75) is 51.5 Å². The maximum atomic E-state index is 11.8. The van der Waals surface area contributed by atoms with E-state index in [9.17, 15) is 9.59 Å². The van der Waals surface area contributed by atoms with Crippen molar-refractivity contribution in [3.8, 4) is 0 Å². The summed E-state index contributed by atoms with van der Waals surface area (Å²) in [6.45, 7) is 3.71. The maximum Gasteiger partial charge on any atom is 0.303 e. The van der Waals surface area contributed by atoms with E-state index in [4.69, 9.17) is 5.11 Å². The first kappa shape index (κ1) is 15.7. The summed E-state index contributed by atoms with van der Waals surface area (Å²) in [7, 11) is 0. The average molecular weight is 283 g/mol. The first-order valence-corrected chi connectivity index (χ1v) is 7.32. The molecule has 1 rings (SSSR count). The highest BCUT2D eigenvalue weighted by Crippen LogP contribution is 2.14. The molecule has 0 fully saturated rings. The minimum absolute atomic E-state index is 0.00746. The van der Waals surface area contributed by atoms with Gasteiger partial charge >= 0.3 is 5.97 Å². The third-order valence-electron chi connectivity index (χ3n) is 2.85. The molecular weight excluding hydrogens is 262 g/mol. The smallest absolute Gasteiger partial charge is 0.303 e. The highest BCUT2D eigenvalue weighted by molar-refractivity contribution is 7.09. The third kappa shape index (κ3) is 6.96. The standard InChI is InChI=1S/C14H21NO3S/c1-14(2,9-8-13(17)18)15-12(16)7-3-5-11-6-4-10-19-11/h4,6,10H,3,5,7-9H2,1-2H3,(H,15,16)(H,17,18). The monoisotopic (exact) mass is 283 g/mol. The summed E-state index contributed by atoms with van der Waals surface area (Å²) in [5.74, 6) is -0.841. The number of carboxylic acid groups (broad SMARTS) is 1. The molecule has 0 aliphatic rings. The Bertz CT molecular complexity index is 412. The van der Waals surface area contributed by atoms with Gasteiger partial charge < -0.3 is 10.4 Å². The van der Waals surface area contributed by atoms with E-state index in [0.717, 1.165) is 12.8 Å². The number of carboxylic acids is 1. The van der Waals surface area contributed by atoms with E-state index in [-0.39, 0.29) is 12.3 Å². The van der Waals surface area contributed by atoms with Crippen molar-refractivity contribution in [2.75, 3.05) is 0 Å². The fourth-order valence-corrected chi connectivity index (χ4v) is 2.55. The lowest BCUT2D eigenvalue weighted by Gasteiger charge is -2.25. The number of thiophene rings is 1. The predicted octanol–water partition coefficient (Wildman–Crippen LogP) is 2.83. The van der Waals surface area contributed by atoms with Gasteiger partial charge in [-0.05, 0) is 44.6 Å². The molecule has 19 heavy (non-hydrogen) atoms. The molecule has 0 spiro atoms. The van der Waals surface area contributed by atoms with Crippen molar-refractivity contribution < 1.29 is 14.7 Å². The predicted molar refractivity (Wildman–Crippen MR) is 76.3 cm³/mol. The summed E-state index contributed by atoms with van der Waals surface area (Å²) in [4.78, 5) is 23.6. The molecule has 5 heteroatoms. The number of hydrogen-bond donors (Lipinski definition) is 2. The van der Waals surface area contributed by atoms with Crippen molar-refractivity contribution in [2.24, 2.45) is 0 Å². The molecule has 1 aromatic heterocycles. The SMILES string of the molecule is CC(C)(CCC(=O)O)NC(=O)CCCc1cccs1. The van der Waals surface area contributed by atoms with Crippen LogP contribution >= 0.6 is 11.3 Å². The van der Waals surface area contributed by atoms with Gasteiger partial charge in [-0.2, -0.15) is 0 Å². The normalized spacial score (nSPS) is 11.3. The second-order valence-corrected chi connectivity index (χ2v) is 6.29. The van der Waals surface area contributed by atoms with E-state index < -0.39 is 11.5 Å². The van der Waals surface area contributed by atoms with Crippen molar-refractivity contribution in [1.29, 1.82) is 0 Å². The quantitative estimate of drug-likeness (QED) is 0.771. The van der Waals surface area contributed by atoms with Crippen LogP contribution in [0.1, 0.15) is 44.4 Å². The minimum atomic E-state index is -0.833. The van der Waals surface area contributed by atoms with Crippen LogP contribution in [0.15, 0.2) is 17.5 Å². The summed E-state index contributed by atoms with van der Waals surface area (Å²) < 4.78 is 0. The molecule has 0 saturated heterocycles. The molecule has 0 aromatic carbocycles. The van der Waals surface area contributed by atoms with Crippen LogP contribution < -0.4 is 5.32 Å².